The number of aliphatic hydroxyl groups is 1. The van der Waals surface area contributed by atoms with Crippen LogP contribution in [0.15, 0.2) is 36.4 Å². The summed E-state index contributed by atoms with van der Waals surface area (Å²) in [4.78, 5) is 5.37. The summed E-state index contributed by atoms with van der Waals surface area (Å²) in [6.07, 6.45) is -0.955. The normalized spacial score (nSPS) is 14.8. The van der Waals surface area contributed by atoms with Crippen molar-refractivity contribution < 1.29 is 22.7 Å². The van der Waals surface area contributed by atoms with Gasteiger partial charge in [-0.15, -0.1) is 10.2 Å². The minimum atomic E-state index is -2.84. The minimum Gasteiger partial charge on any atom is -0.378 e. The number of aromatic nitrogens is 4. The van der Waals surface area contributed by atoms with Gasteiger partial charge in [-0.25, -0.2) is 17.6 Å². The van der Waals surface area contributed by atoms with Crippen LogP contribution in [0.5, 0.6) is 0 Å². The zero-order valence-electron chi connectivity index (χ0n) is 18.1. The first-order valence-corrected chi connectivity index (χ1v) is 10.7. The number of rotatable bonds is 4. The van der Waals surface area contributed by atoms with Crippen LogP contribution in [0.1, 0.15) is 30.7 Å². The van der Waals surface area contributed by atoms with Gasteiger partial charge in [0, 0.05) is 11.3 Å². The van der Waals surface area contributed by atoms with Gasteiger partial charge in [0.05, 0.1) is 17.4 Å². The number of benzene rings is 2. The number of halogens is 4. The van der Waals surface area contributed by atoms with Gasteiger partial charge in [0.15, 0.2) is 0 Å². The van der Waals surface area contributed by atoms with E-state index in [0.29, 0.717) is 24.2 Å². The third-order valence-electron chi connectivity index (χ3n) is 5.86. The van der Waals surface area contributed by atoms with Gasteiger partial charge in [-0.1, -0.05) is 17.9 Å². The molecule has 5 rings (SSSR count). The van der Waals surface area contributed by atoms with E-state index in [2.05, 4.69) is 27.0 Å². The molecular formula is C24H19F4N5O. The van der Waals surface area contributed by atoms with Crippen LogP contribution in [0, 0.1) is 30.4 Å². The molecular weight excluding hydrogens is 450 g/mol. The van der Waals surface area contributed by atoms with Crippen molar-refractivity contribution in [3.63, 3.8) is 0 Å². The number of aryl methyl sites for hydroxylation is 1. The van der Waals surface area contributed by atoms with Crippen molar-refractivity contribution in [1.82, 2.24) is 19.6 Å². The van der Waals surface area contributed by atoms with Crippen molar-refractivity contribution in [2.75, 3.05) is 11.4 Å². The summed E-state index contributed by atoms with van der Waals surface area (Å²) in [5.74, 6) is 4.46. The topological polar surface area (TPSA) is 66.5 Å². The van der Waals surface area contributed by atoms with Crippen LogP contribution in [-0.4, -0.2) is 43.3 Å². The molecule has 4 aromatic rings. The molecule has 1 aliphatic carbocycles. The molecule has 0 amide bonds. The predicted octanol–water partition coefficient (Wildman–Crippen LogP) is 4.53. The van der Waals surface area contributed by atoms with Gasteiger partial charge in [-0.05, 0) is 56.5 Å². The lowest BCUT2D eigenvalue weighted by atomic mass is 9.81. The molecule has 2 aromatic carbocycles. The summed E-state index contributed by atoms with van der Waals surface area (Å²) >= 11 is 0. The summed E-state index contributed by atoms with van der Waals surface area (Å²) in [7, 11) is 0. The Kier molecular flexibility index (Phi) is 5.37. The van der Waals surface area contributed by atoms with Gasteiger partial charge >= 0.3 is 0 Å². The van der Waals surface area contributed by atoms with Crippen LogP contribution in [0.4, 0.5) is 29.1 Å². The van der Waals surface area contributed by atoms with Gasteiger partial charge in [0.1, 0.15) is 28.9 Å². The van der Waals surface area contributed by atoms with Crippen molar-refractivity contribution in [2.45, 2.75) is 38.2 Å². The molecule has 0 bridgehead atoms. The molecule has 2 heterocycles. The maximum absolute atomic E-state index is 15.0. The van der Waals surface area contributed by atoms with Crippen molar-refractivity contribution >= 4 is 28.2 Å². The number of alkyl halides is 2. The molecule has 1 aliphatic rings. The molecule has 0 saturated heterocycles. The molecule has 0 atom stereocenters. The lowest BCUT2D eigenvalue weighted by Gasteiger charge is -2.30. The highest BCUT2D eigenvalue weighted by Gasteiger charge is 2.32. The van der Waals surface area contributed by atoms with Crippen LogP contribution in [0.2, 0.25) is 0 Å². The van der Waals surface area contributed by atoms with Crippen molar-refractivity contribution in [3.05, 3.63) is 59.4 Å². The standard InChI is InChI=1S/C24H19F4N5O/c1-14-30-31-23-29-22(21-18(26)4-2-5-19(21)33(14)23)32(13-20(27)28)17-11-15(10-16(25)12-17)6-9-24(34)7-3-8-24/h2,4-5,10-12,20,34H,3,7-8,13H2,1H3. The Morgan fingerprint density at radius 1 is 1.18 bits per heavy atom. The van der Waals surface area contributed by atoms with Gasteiger partial charge < -0.3 is 10.0 Å². The quantitative estimate of drug-likeness (QED) is 0.351. The Bertz CT molecular complexity index is 1470. The van der Waals surface area contributed by atoms with Gasteiger partial charge in [0.25, 0.3) is 12.2 Å². The lowest BCUT2D eigenvalue weighted by Crippen LogP contribution is -2.34. The number of fused-ring (bicyclic) bond motifs is 3. The largest absolute Gasteiger partial charge is 0.378 e. The lowest BCUT2D eigenvalue weighted by molar-refractivity contribution is 0.0240. The second kappa shape index (κ2) is 8.25. The summed E-state index contributed by atoms with van der Waals surface area (Å²) < 4.78 is 58.5. The molecule has 2 aromatic heterocycles. The van der Waals surface area contributed by atoms with E-state index < -0.39 is 30.2 Å². The molecule has 34 heavy (non-hydrogen) atoms. The summed E-state index contributed by atoms with van der Waals surface area (Å²) in [5.41, 5.74) is -0.570. The summed E-state index contributed by atoms with van der Waals surface area (Å²) in [6, 6.07) is 7.90. The molecule has 0 unspecified atom stereocenters. The fraction of sp³-hybridized carbons (Fsp3) is 0.292. The fourth-order valence-corrected chi connectivity index (χ4v) is 4.05. The molecule has 174 valence electrons. The van der Waals surface area contributed by atoms with Gasteiger partial charge in [0.2, 0.25) is 0 Å². The van der Waals surface area contributed by atoms with Crippen LogP contribution < -0.4 is 4.90 Å². The Morgan fingerprint density at radius 3 is 2.68 bits per heavy atom. The molecule has 0 aliphatic heterocycles. The smallest absolute Gasteiger partial charge is 0.257 e. The second-order valence-corrected chi connectivity index (χ2v) is 8.29. The van der Waals surface area contributed by atoms with Crippen molar-refractivity contribution in [1.29, 1.82) is 0 Å². The highest BCUT2D eigenvalue weighted by atomic mass is 19.3. The summed E-state index contributed by atoms with van der Waals surface area (Å²) in [5, 5.41) is 18.1. The number of anilines is 2. The van der Waals surface area contributed by atoms with E-state index in [1.165, 1.54) is 22.6 Å². The Morgan fingerprint density at radius 2 is 1.97 bits per heavy atom. The molecule has 0 spiro atoms. The van der Waals surface area contributed by atoms with E-state index in [4.69, 9.17) is 0 Å². The van der Waals surface area contributed by atoms with Crippen LogP contribution in [-0.2, 0) is 0 Å². The first-order chi connectivity index (χ1) is 16.2. The highest BCUT2D eigenvalue weighted by Crippen LogP contribution is 2.35. The zero-order chi connectivity index (χ0) is 24.0. The minimum absolute atomic E-state index is 0.0165. The molecule has 10 heteroatoms. The highest BCUT2D eigenvalue weighted by molar-refractivity contribution is 5.94. The van der Waals surface area contributed by atoms with E-state index in [1.807, 2.05) is 0 Å². The third kappa shape index (κ3) is 3.92. The average Bonchev–Trinajstić information content (AvgIpc) is 3.15. The van der Waals surface area contributed by atoms with E-state index in [-0.39, 0.29) is 28.2 Å². The SMILES string of the molecule is Cc1nnc2nc(N(CC(F)F)c3cc(F)cc(C#CC4(O)CCC4)c3)c3c(F)cccc3n12. The number of hydrogen-bond donors (Lipinski definition) is 1. The average molecular weight is 469 g/mol. The van der Waals surface area contributed by atoms with E-state index in [9.17, 15) is 18.3 Å². The maximum atomic E-state index is 15.0. The molecule has 1 saturated carbocycles. The molecule has 0 radical (unpaired) electrons. The van der Waals surface area contributed by atoms with Crippen LogP contribution in [0.3, 0.4) is 0 Å². The molecule has 6 nitrogen and oxygen atoms in total. The molecule has 1 N–H and O–H groups in total. The van der Waals surface area contributed by atoms with E-state index in [1.54, 1.807) is 13.0 Å². The monoisotopic (exact) mass is 469 g/mol. The van der Waals surface area contributed by atoms with Crippen LogP contribution >= 0.6 is 0 Å². The van der Waals surface area contributed by atoms with Gasteiger partial charge in [-0.2, -0.15) is 4.98 Å². The zero-order valence-corrected chi connectivity index (χ0v) is 18.1. The predicted molar refractivity (Wildman–Crippen MR) is 118 cm³/mol. The second-order valence-electron chi connectivity index (χ2n) is 8.29. The molecule has 1 fully saturated rings. The number of nitrogens with zero attached hydrogens (tertiary/aromatic N) is 5. The maximum Gasteiger partial charge on any atom is 0.257 e. The fourth-order valence-electron chi connectivity index (χ4n) is 4.05. The van der Waals surface area contributed by atoms with E-state index in [0.717, 1.165) is 23.5 Å². The Labute approximate surface area is 191 Å². The van der Waals surface area contributed by atoms with E-state index >= 15 is 4.39 Å². The van der Waals surface area contributed by atoms with Crippen molar-refractivity contribution in [3.8, 4) is 11.8 Å². The first-order valence-electron chi connectivity index (χ1n) is 10.7. The van der Waals surface area contributed by atoms with Crippen molar-refractivity contribution in [2.24, 2.45) is 0 Å². The van der Waals surface area contributed by atoms with Gasteiger partial charge in [-0.3, -0.25) is 4.40 Å². The first kappa shape index (κ1) is 22.1. The summed E-state index contributed by atoms with van der Waals surface area (Å²) in [6.45, 7) is 0.788. The van der Waals surface area contributed by atoms with Crippen LogP contribution in [0.25, 0.3) is 16.7 Å². The number of hydrogen-bond acceptors (Lipinski definition) is 5. The third-order valence-corrected chi connectivity index (χ3v) is 5.86. The Balaban J connectivity index is 1.72. The Hall–Kier alpha value is -3.71.